The van der Waals surface area contributed by atoms with Gasteiger partial charge in [0.2, 0.25) is 5.91 Å². The van der Waals surface area contributed by atoms with Crippen LogP contribution in [0.3, 0.4) is 0 Å². The number of ether oxygens (including phenoxy) is 1. The second-order valence-corrected chi connectivity index (χ2v) is 7.53. The molecule has 0 bridgehead atoms. The molecule has 0 N–H and O–H groups in total. The predicted molar refractivity (Wildman–Crippen MR) is 113 cm³/mol. The summed E-state index contributed by atoms with van der Waals surface area (Å²) in [5.74, 6) is 1.95. The minimum absolute atomic E-state index is 0.0599. The molecule has 1 unspecified atom stereocenters. The second-order valence-electron chi connectivity index (χ2n) is 7.53. The Kier molecular flexibility index (Phi) is 6.24. The van der Waals surface area contributed by atoms with Gasteiger partial charge in [0.15, 0.2) is 11.6 Å². The van der Waals surface area contributed by atoms with E-state index in [-0.39, 0.29) is 11.8 Å². The third-order valence-electron chi connectivity index (χ3n) is 5.80. The number of aromatic nitrogens is 2. The van der Waals surface area contributed by atoms with Crippen LogP contribution in [0.15, 0.2) is 42.5 Å². The Hall–Kier alpha value is -2.67. The molecule has 2 aliphatic rings. The van der Waals surface area contributed by atoms with Crippen molar-refractivity contribution in [1.29, 1.82) is 0 Å². The van der Waals surface area contributed by atoms with E-state index >= 15 is 0 Å². The molecule has 1 atom stereocenters. The van der Waals surface area contributed by atoms with E-state index in [4.69, 9.17) is 4.74 Å². The van der Waals surface area contributed by atoms with Gasteiger partial charge in [-0.2, -0.15) is 0 Å². The fourth-order valence-corrected chi connectivity index (χ4v) is 4.06. The molecule has 2 fully saturated rings. The number of morpholine rings is 1. The maximum absolute atomic E-state index is 13.1. The van der Waals surface area contributed by atoms with E-state index in [9.17, 15) is 4.79 Å². The van der Waals surface area contributed by atoms with Gasteiger partial charge in [0.25, 0.3) is 0 Å². The average molecular weight is 396 g/mol. The maximum Gasteiger partial charge on any atom is 0.230 e. The molecule has 2 aliphatic heterocycles. The minimum Gasteiger partial charge on any atom is -0.378 e. The lowest BCUT2D eigenvalue weighted by Crippen LogP contribution is -2.50. The zero-order chi connectivity index (χ0) is 20.1. The van der Waals surface area contributed by atoms with E-state index in [2.05, 4.69) is 26.9 Å². The minimum atomic E-state index is -0.0599. The van der Waals surface area contributed by atoms with Crippen molar-refractivity contribution in [3.8, 4) is 0 Å². The van der Waals surface area contributed by atoms with Crippen LogP contribution >= 0.6 is 0 Å². The molecular weight excluding hydrogens is 366 g/mol. The van der Waals surface area contributed by atoms with Gasteiger partial charge in [0, 0.05) is 39.3 Å². The van der Waals surface area contributed by atoms with Crippen molar-refractivity contribution in [2.75, 3.05) is 62.3 Å². The van der Waals surface area contributed by atoms with E-state index in [1.807, 2.05) is 47.4 Å². The lowest BCUT2D eigenvalue weighted by Gasteiger charge is -2.37. The van der Waals surface area contributed by atoms with Crippen LogP contribution in [-0.2, 0) is 9.53 Å². The molecule has 4 rings (SSSR count). The first-order valence-corrected chi connectivity index (χ1v) is 10.5. The quantitative estimate of drug-likeness (QED) is 0.773. The SMILES string of the molecule is CCC(C(=O)N1CCN(c2ccc(N3CCOCC3)nn2)CC1)c1ccccc1. The predicted octanol–water partition coefficient (Wildman–Crippen LogP) is 2.16. The summed E-state index contributed by atoms with van der Waals surface area (Å²) in [7, 11) is 0. The number of anilines is 2. The molecule has 1 aromatic heterocycles. The number of nitrogens with zero attached hydrogens (tertiary/aromatic N) is 5. The molecule has 0 aliphatic carbocycles. The highest BCUT2D eigenvalue weighted by Gasteiger charge is 2.28. The van der Waals surface area contributed by atoms with Crippen LogP contribution in [0.1, 0.15) is 24.8 Å². The van der Waals surface area contributed by atoms with Gasteiger partial charge in [-0.25, -0.2) is 0 Å². The third-order valence-corrected chi connectivity index (χ3v) is 5.80. The topological polar surface area (TPSA) is 61.8 Å². The fourth-order valence-electron chi connectivity index (χ4n) is 4.06. The van der Waals surface area contributed by atoms with Gasteiger partial charge in [-0.15, -0.1) is 10.2 Å². The van der Waals surface area contributed by atoms with Crippen LogP contribution < -0.4 is 9.80 Å². The molecule has 0 saturated carbocycles. The molecule has 0 spiro atoms. The van der Waals surface area contributed by atoms with Crippen molar-refractivity contribution in [2.24, 2.45) is 0 Å². The molecule has 7 heteroatoms. The van der Waals surface area contributed by atoms with E-state index in [0.29, 0.717) is 0 Å². The summed E-state index contributed by atoms with van der Waals surface area (Å²) in [6.45, 7) is 8.26. The number of hydrogen-bond acceptors (Lipinski definition) is 6. The van der Waals surface area contributed by atoms with Crippen molar-refractivity contribution in [3.63, 3.8) is 0 Å². The summed E-state index contributed by atoms with van der Waals surface area (Å²) in [6.07, 6.45) is 0.817. The van der Waals surface area contributed by atoms with Gasteiger partial charge in [0.1, 0.15) is 0 Å². The first kappa shape index (κ1) is 19.6. The van der Waals surface area contributed by atoms with Crippen LogP contribution in [-0.4, -0.2) is 73.5 Å². The largest absolute Gasteiger partial charge is 0.378 e. The van der Waals surface area contributed by atoms with Gasteiger partial charge in [0.05, 0.1) is 19.1 Å². The molecule has 1 amide bonds. The normalized spacial score (nSPS) is 18.6. The highest BCUT2D eigenvalue weighted by Crippen LogP contribution is 2.24. The van der Waals surface area contributed by atoms with Crippen molar-refractivity contribution in [2.45, 2.75) is 19.3 Å². The van der Waals surface area contributed by atoms with E-state index in [0.717, 1.165) is 76.1 Å². The lowest BCUT2D eigenvalue weighted by atomic mass is 9.95. The van der Waals surface area contributed by atoms with Crippen LogP contribution in [0, 0.1) is 0 Å². The van der Waals surface area contributed by atoms with Gasteiger partial charge in [-0.3, -0.25) is 4.79 Å². The van der Waals surface area contributed by atoms with Gasteiger partial charge in [-0.05, 0) is 24.1 Å². The molecule has 2 aromatic rings. The third kappa shape index (κ3) is 4.50. The standard InChI is InChI=1S/C22H29N5O2/c1-2-19(18-6-4-3-5-7-18)22(28)27-12-10-25(11-13-27)20-8-9-21(24-23-20)26-14-16-29-17-15-26/h3-9,19H,2,10-17H2,1H3. The van der Waals surface area contributed by atoms with Crippen molar-refractivity contribution in [1.82, 2.24) is 15.1 Å². The summed E-state index contributed by atoms with van der Waals surface area (Å²) in [5.41, 5.74) is 1.10. The number of piperazine rings is 1. The number of benzene rings is 1. The van der Waals surface area contributed by atoms with Crippen LogP contribution in [0.2, 0.25) is 0 Å². The Morgan fingerprint density at radius 2 is 1.48 bits per heavy atom. The van der Waals surface area contributed by atoms with Crippen LogP contribution in [0.25, 0.3) is 0 Å². The van der Waals surface area contributed by atoms with Crippen molar-refractivity contribution in [3.05, 3.63) is 48.0 Å². The highest BCUT2D eigenvalue weighted by molar-refractivity contribution is 5.84. The van der Waals surface area contributed by atoms with Crippen LogP contribution in [0.5, 0.6) is 0 Å². The summed E-state index contributed by atoms with van der Waals surface area (Å²) in [5, 5.41) is 8.85. The molecular formula is C22H29N5O2. The number of rotatable bonds is 5. The Morgan fingerprint density at radius 1 is 0.897 bits per heavy atom. The summed E-state index contributed by atoms with van der Waals surface area (Å²) in [4.78, 5) is 19.5. The zero-order valence-corrected chi connectivity index (χ0v) is 17.0. The number of hydrogen-bond donors (Lipinski definition) is 0. The zero-order valence-electron chi connectivity index (χ0n) is 17.0. The molecule has 154 valence electrons. The Balaban J connectivity index is 1.34. The first-order chi connectivity index (χ1) is 14.3. The van der Waals surface area contributed by atoms with Crippen molar-refractivity contribution >= 4 is 17.5 Å². The molecule has 1 aromatic carbocycles. The number of amides is 1. The van der Waals surface area contributed by atoms with Crippen molar-refractivity contribution < 1.29 is 9.53 Å². The smallest absolute Gasteiger partial charge is 0.230 e. The number of carbonyl (C=O) groups is 1. The van der Waals surface area contributed by atoms with E-state index < -0.39 is 0 Å². The summed E-state index contributed by atoms with van der Waals surface area (Å²) in [6, 6.07) is 14.2. The van der Waals surface area contributed by atoms with Crippen LogP contribution in [0.4, 0.5) is 11.6 Å². The molecule has 7 nitrogen and oxygen atoms in total. The molecule has 2 saturated heterocycles. The molecule has 0 radical (unpaired) electrons. The number of carbonyl (C=O) groups excluding carboxylic acids is 1. The van der Waals surface area contributed by atoms with Gasteiger partial charge < -0.3 is 19.4 Å². The Labute approximate surface area is 172 Å². The Morgan fingerprint density at radius 3 is 2.03 bits per heavy atom. The van der Waals surface area contributed by atoms with E-state index in [1.54, 1.807) is 0 Å². The first-order valence-electron chi connectivity index (χ1n) is 10.5. The van der Waals surface area contributed by atoms with Gasteiger partial charge >= 0.3 is 0 Å². The van der Waals surface area contributed by atoms with Gasteiger partial charge in [-0.1, -0.05) is 37.3 Å². The summed E-state index contributed by atoms with van der Waals surface area (Å²) >= 11 is 0. The lowest BCUT2D eigenvalue weighted by molar-refractivity contribution is -0.133. The molecule has 3 heterocycles. The highest BCUT2D eigenvalue weighted by atomic mass is 16.5. The Bertz CT molecular complexity index is 785. The molecule has 29 heavy (non-hydrogen) atoms. The maximum atomic E-state index is 13.1. The monoisotopic (exact) mass is 395 g/mol. The fraction of sp³-hybridized carbons (Fsp3) is 0.500. The second kappa shape index (κ2) is 9.22. The summed E-state index contributed by atoms with van der Waals surface area (Å²) < 4.78 is 5.39. The average Bonchev–Trinajstić information content (AvgIpc) is 2.81. The van der Waals surface area contributed by atoms with E-state index in [1.165, 1.54) is 0 Å².